The number of methoxy groups -OCH3 is 1. The molecule has 0 fully saturated rings. The maximum Gasteiger partial charge on any atom is 0.460 e. The largest absolute Gasteiger partial charge is 0.465 e. The minimum absolute atomic E-state index is 0.381. The molecule has 1 N–H and O–H groups in total. The van der Waals surface area contributed by atoms with E-state index in [1.807, 2.05) is 0 Å². The van der Waals surface area contributed by atoms with E-state index in [9.17, 15) is 58.2 Å². The molecule has 1 aromatic carbocycles. The van der Waals surface area contributed by atoms with Crippen LogP contribution < -0.4 is 0 Å². The summed E-state index contributed by atoms with van der Waals surface area (Å²) in [5.41, 5.74) is -1.10. The molecule has 0 aliphatic rings. The van der Waals surface area contributed by atoms with E-state index in [-0.39, 0.29) is 5.56 Å². The Morgan fingerprint density at radius 1 is 0.931 bits per heavy atom. The predicted octanol–water partition coefficient (Wildman–Crippen LogP) is 5.00. The summed E-state index contributed by atoms with van der Waals surface area (Å²) in [7, 11) is 0.906. The van der Waals surface area contributed by atoms with E-state index in [0.29, 0.717) is 6.07 Å². The topological polar surface area (TPSA) is 46.5 Å². The zero-order valence-electron chi connectivity index (χ0n) is 14.0. The van der Waals surface area contributed by atoms with Crippen LogP contribution >= 0.6 is 0 Å². The van der Waals surface area contributed by atoms with Crippen LogP contribution in [-0.4, -0.2) is 48.1 Å². The summed E-state index contributed by atoms with van der Waals surface area (Å²) >= 11 is 0. The zero-order valence-corrected chi connectivity index (χ0v) is 14.0. The van der Waals surface area contributed by atoms with E-state index in [0.717, 1.165) is 25.3 Å². The quantitative estimate of drug-likeness (QED) is 0.472. The van der Waals surface area contributed by atoms with Gasteiger partial charge in [0.2, 0.25) is 0 Å². The first kappa shape index (κ1) is 24.9. The molecule has 1 aromatic rings. The van der Waals surface area contributed by atoms with Crippen LogP contribution in [0.1, 0.15) is 28.4 Å². The molecule has 0 radical (unpaired) electrons. The molecule has 0 aromatic heterocycles. The molecule has 29 heavy (non-hydrogen) atoms. The molecule has 0 aliphatic heterocycles. The number of aliphatic hydroxyl groups excluding tert-OH is 1. The molecule has 0 aliphatic carbocycles. The number of halogens is 11. The smallest absolute Gasteiger partial charge is 0.460 e. The third-order valence-electron chi connectivity index (χ3n) is 3.75. The number of alkyl halides is 11. The molecule has 0 bridgehead atoms. The van der Waals surface area contributed by atoms with Gasteiger partial charge < -0.3 is 9.84 Å². The van der Waals surface area contributed by atoms with E-state index in [4.69, 9.17) is 0 Å². The number of esters is 1. The fourth-order valence-electron chi connectivity index (χ4n) is 2.08. The second-order valence-corrected chi connectivity index (χ2v) is 5.76. The molecule has 1 rings (SSSR count). The van der Waals surface area contributed by atoms with Crippen LogP contribution in [0, 0.1) is 0 Å². The van der Waals surface area contributed by atoms with Crippen molar-refractivity contribution in [1.82, 2.24) is 0 Å². The third-order valence-corrected chi connectivity index (χ3v) is 3.75. The van der Waals surface area contributed by atoms with Crippen molar-refractivity contribution in [3.63, 3.8) is 0 Å². The van der Waals surface area contributed by atoms with Crippen molar-refractivity contribution >= 4 is 5.97 Å². The van der Waals surface area contributed by atoms with Gasteiger partial charge in [0, 0.05) is 6.42 Å². The number of benzene rings is 1. The molecule has 0 saturated heterocycles. The van der Waals surface area contributed by atoms with E-state index < -0.39 is 53.9 Å². The third kappa shape index (κ3) is 4.26. The van der Waals surface area contributed by atoms with Gasteiger partial charge in [-0.15, -0.1) is 0 Å². The van der Waals surface area contributed by atoms with Crippen LogP contribution in [0.2, 0.25) is 0 Å². The van der Waals surface area contributed by atoms with Gasteiger partial charge in [0.1, 0.15) is 0 Å². The summed E-state index contributed by atoms with van der Waals surface area (Å²) in [6, 6.07) is 3.42. The van der Waals surface area contributed by atoms with E-state index in [1.165, 1.54) is 0 Å². The Kier molecular flexibility index (Phi) is 6.54. The molecule has 0 heterocycles. The van der Waals surface area contributed by atoms with Gasteiger partial charge in [-0.25, -0.2) is 4.79 Å². The van der Waals surface area contributed by atoms with Crippen molar-refractivity contribution < 1.29 is 62.9 Å². The first-order valence-electron chi connectivity index (χ1n) is 7.28. The lowest BCUT2D eigenvalue weighted by molar-refractivity contribution is -0.423. The number of carbonyl (C=O) groups excluding carboxylic acids is 1. The summed E-state index contributed by atoms with van der Waals surface area (Å²) in [5.74, 6) is -29.5. The van der Waals surface area contributed by atoms with Crippen molar-refractivity contribution in [3.05, 3.63) is 35.4 Å². The zero-order chi connectivity index (χ0) is 23.1. The molecule has 14 heteroatoms. The molecular weight excluding hydrogens is 437 g/mol. The summed E-state index contributed by atoms with van der Waals surface area (Å²) < 4.78 is 147. The van der Waals surface area contributed by atoms with Gasteiger partial charge in [0.05, 0.1) is 18.8 Å². The highest BCUT2D eigenvalue weighted by Gasteiger charge is 2.87. The van der Waals surface area contributed by atoms with Crippen LogP contribution in [0.15, 0.2) is 24.3 Å². The molecule has 0 spiro atoms. The minimum atomic E-state index is -7.55. The molecule has 1 unspecified atom stereocenters. The Morgan fingerprint density at radius 2 is 1.45 bits per heavy atom. The maximum absolute atomic E-state index is 13.7. The standard InChI is InChI=1S/C15H11F11O3/c1-29-10(28)8-4-2-3-7(5-8)9(27)6-11(16,17)12(18,19)13(20,21)14(22,23)15(24,25)26/h2-5,9,27H,6H2,1H3. The average molecular weight is 448 g/mol. The highest BCUT2D eigenvalue weighted by atomic mass is 19.4. The SMILES string of the molecule is COC(=O)c1cccc(C(O)CC(F)(F)C(F)(F)C(F)(F)C(F)(F)C(F)(F)F)c1. The Balaban J connectivity index is 3.25. The molecule has 0 saturated carbocycles. The normalized spacial score (nSPS) is 15.2. The van der Waals surface area contributed by atoms with Crippen LogP contribution in [0.5, 0.6) is 0 Å². The number of hydrogen-bond acceptors (Lipinski definition) is 3. The second-order valence-electron chi connectivity index (χ2n) is 5.76. The molecular formula is C15H11F11O3. The van der Waals surface area contributed by atoms with Gasteiger partial charge >= 0.3 is 35.8 Å². The Bertz CT molecular complexity index is 743. The summed E-state index contributed by atoms with van der Waals surface area (Å²) in [6.07, 6.45) is -12.7. The number of carbonyl (C=O) groups is 1. The van der Waals surface area contributed by atoms with Crippen molar-refractivity contribution in [2.45, 2.75) is 42.4 Å². The number of rotatable bonds is 7. The predicted molar refractivity (Wildman–Crippen MR) is 73.2 cm³/mol. The van der Waals surface area contributed by atoms with Crippen molar-refractivity contribution in [2.75, 3.05) is 7.11 Å². The first-order chi connectivity index (χ1) is 12.8. The minimum Gasteiger partial charge on any atom is -0.465 e. The lowest BCUT2D eigenvalue weighted by Gasteiger charge is -2.37. The van der Waals surface area contributed by atoms with Gasteiger partial charge in [-0.3, -0.25) is 0 Å². The molecule has 1 atom stereocenters. The maximum atomic E-state index is 13.7. The highest BCUT2D eigenvalue weighted by molar-refractivity contribution is 5.89. The van der Waals surface area contributed by atoms with E-state index in [2.05, 4.69) is 4.74 Å². The van der Waals surface area contributed by atoms with Gasteiger partial charge in [0.25, 0.3) is 0 Å². The van der Waals surface area contributed by atoms with Gasteiger partial charge in [-0.1, -0.05) is 12.1 Å². The molecule has 0 amide bonds. The van der Waals surface area contributed by atoms with Crippen molar-refractivity contribution in [2.24, 2.45) is 0 Å². The number of hydrogen-bond donors (Lipinski definition) is 1. The Morgan fingerprint density at radius 3 is 1.90 bits per heavy atom. The fourth-order valence-corrected chi connectivity index (χ4v) is 2.08. The first-order valence-corrected chi connectivity index (χ1v) is 7.28. The van der Waals surface area contributed by atoms with Crippen LogP contribution in [-0.2, 0) is 4.74 Å². The van der Waals surface area contributed by atoms with Crippen LogP contribution in [0.4, 0.5) is 48.3 Å². The summed E-state index contributed by atoms with van der Waals surface area (Å²) in [5, 5.41) is 9.61. The van der Waals surface area contributed by atoms with Gasteiger partial charge in [0.15, 0.2) is 0 Å². The lowest BCUT2D eigenvalue weighted by atomic mass is 9.92. The molecule has 166 valence electrons. The van der Waals surface area contributed by atoms with Gasteiger partial charge in [-0.05, 0) is 17.7 Å². The Labute approximate surface area is 155 Å². The van der Waals surface area contributed by atoms with Crippen LogP contribution in [0.25, 0.3) is 0 Å². The van der Waals surface area contributed by atoms with E-state index in [1.54, 1.807) is 0 Å². The monoisotopic (exact) mass is 448 g/mol. The fraction of sp³-hybridized carbons (Fsp3) is 0.533. The lowest BCUT2D eigenvalue weighted by Crippen LogP contribution is -2.66. The summed E-state index contributed by atoms with van der Waals surface area (Å²) in [6.45, 7) is 0. The average Bonchev–Trinajstić information content (AvgIpc) is 2.59. The van der Waals surface area contributed by atoms with Crippen LogP contribution in [0.3, 0.4) is 0 Å². The Hall–Kier alpha value is -2.12. The number of aliphatic hydroxyl groups is 1. The highest BCUT2D eigenvalue weighted by Crippen LogP contribution is 2.58. The summed E-state index contributed by atoms with van der Waals surface area (Å²) in [4.78, 5) is 11.3. The van der Waals surface area contributed by atoms with E-state index >= 15 is 0 Å². The van der Waals surface area contributed by atoms with Gasteiger partial charge in [-0.2, -0.15) is 48.3 Å². The second kappa shape index (κ2) is 7.61. The number of ether oxygens (including phenoxy) is 1. The van der Waals surface area contributed by atoms with Crippen molar-refractivity contribution in [3.8, 4) is 0 Å². The van der Waals surface area contributed by atoms with Crippen molar-refractivity contribution in [1.29, 1.82) is 0 Å². The molecule has 3 nitrogen and oxygen atoms in total.